The molecule has 0 aromatic carbocycles. The lowest BCUT2D eigenvalue weighted by atomic mass is 10.1. The molecule has 0 fully saturated rings. The van der Waals surface area contributed by atoms with Crippen molar-refractivity contribution in [3.05, 3.63) is 47.0 Å². The third-order valence-electron chi connectivity index (χ3n) is 3.66. The van der Waals surface area contributed by atoms with Gasteiger partial charge in [-0.2, -0.15) is 0 Å². The van der Waals surface area contributed by atoms with Crippen LogP contribution in [0.15, 0.2) is 28.9 Å². The molecule has 23 heavy (non-hydrogen) atoms. The monoisotopic (exact) mass is 333 g/mol. The minimum Gasteiger partial charge on any atom is -0.424 e. The molecule has 3 heterocycles. The second-order valence-corrected chi connectivity index (χ2v) is 7.02. The fraction of sp³-hybridized carbons (Fsp3) is 0.438. The molecule has 3 aromatic heterocycles. The normalized spacial score (nSPS) is 12.4. The molecule has 0 unspecified atom stereocenters. The van der Waals surface area contributed by atoms with Gasteiger partial charge in [0.1, 0.15) is 5.65 Å². The van der Waals surface area contributed by atoms with Crippen LogP contribution in [0, 0.1) is 6.92 Å². The molecule has 3 aromatic rings. The number of rotatable bonds is 4. The SMILES string of the molecule is Cc1nnc(CN(Cc2cn3cc(Cl)ccc3n2)C(C)(C)C)o1. The number of nitrogens with zero attached hydrogens (tertiary/aromatic N) is 5. The van der Waals surface area contributed by atoms with Gasteiger partial charge in [-0.05, 0) is 32.9 Å². The lowest BCUT2D eigenvalue weighted by molar-refractivity contribution is 0.104. The van der Waals surface area contributed by atoms with E-state index in [4.69, 9.17) is 16.0 Å². The number of fused-ring (bicyclic) bond motifs is 1. The van der Waals surface area contributed by atoms with Crippen LogP contribution in [0.1, 0.15) is 38.2 Å². The number of aromatic nitrogens is 4. The summed E-state index contributed by atoms with van der Waals surface area (Å²) in [5.41, 5.74) is 1.79. The first-order valence-corrected chi connectivity index (χ1v) is 7.86. The Morgan fingerprint density at radius 3 is 2.61 bits per heavy atom. The average Bonchev–Trinajstić information content (AvgIpc) is 3.02. The van der Waals surface area contributed by atoms with Crippen molar-refractivity contribution in [2.24, 2.45) is 0 Å². The highest BCUT2D eigenvalue weighted by atomic mass is 35.5. The second kappa shape index (κ2) is 5.94. The predicted octanol–water partition coefficient (Wildman–Crippen LogP) is 3.48. The Morgan fingerprint density at radius 1 is 1.17 bits per heavy atom. The highest BCUT2D eigenvalue weighted by molar-refractivity contribution is 6.30. The van der Waals surface area contributed by atoms with E-state index >= 15 is 0 Å². The third-order valence-corrected chi connectivity index (χ3v) is 3.88. The maximum Gasteiger partial charge on any atom is 0.230 e. The number of halogens is 1. The van der Waals surface area contributed by atoms with Crippen molar-refractivity contribution in [1.82, 2.24) is 24.5 Å². The molecular formula is C16H20ClN5O. The summed E-state index contributed by atoms with van der Waals surface area (Å²) < 4.78 is 7.45. The van der Waals surface area contributed by atoms with Crippen LogP contribution < -0.4 is 0 Å². The van der Waals surface area contributed by atoms with Crippen LogP contribution in [-0.4, -0.2) is 30.0 Å². The number of aryl methyl sites for hydroxylation is 1. The first kappa shape index (κ1) is 16.0. The number of pyridine rings is 1. The van der Waals surface area contributed by atoms with Gasteiger partial charge < -0.3 is 8.82 Å². The topological polar surface area (TPSA) is 59.5 Å². The lowest BCUT2D eigenvalue weighted by Gasteiger charge is -2.33. The van der Waals surface area contributed by atoms with Gasteiger partial charge >= 0.3 is 0 Å². The molecule has 0 N–H and O–H groups in total. The fourth-order valence-corrected chi connectivity index (χ4v) is 2.55. The van der Waals surface area contributed by atoms with Crippen LogP contribution in [0.2, 0.25) is 5.02 Å². The molecule has 0 radical (unpaired) electrons. The molecule has 7 heteroatoms. The average molecular weight is 334 g/mol. The smallest absolute Gasteiger partial charge is 0.230 e. The third kappa shape index (κ3) is 3.71. The Balaban J connectivity index is 1.84. The van der Waals surface area contributed by atoms with Crippen molar-refractivity contribution in [3.8, 4) is 0 Å². The van der Waals surface area contributed by atoms with Crippen molar-refractivity contribution < 1.29 is 4.42 Å². The van der Waals surface area contributed by atoms with E-state index in [1.54, 1.807) is 6.92 Å². The fourth-order valence-electron chi connectivity index (χ4n) is 2.38. The molecule has 122 valence electrons. The van der Waals surface area contributed by atoms with Gasteiger partial charge in [0.25, 0.3) is 0 Å². The number of hydrogen-bond donors (Lipinski definition) is 0. The van der Waals surface area contributed by atoms with Gasteiger partial charge in [-0.15, -0.1) is 10.2 Å². The van der Waals surface area contributed by atoms with E-state index in [-0.39, 0.29) is 5.54 Å². The number of hydrogen-bond acceptors (Lipinski definition) is 5. The molecule has 6 nitrogen and oxygen atoms in total. The minimum atomic E-state index is -0.0597. The largest absolute Gasteiger partial charge is 0.424 e. The summed E-state index contributed by atoms with van der Waals surface area (Å²) in [7, 11) is 0. The van der Waals surface area contributed by atoms with Crippen LogP contribution >= 0.6 is 11.6 Å². The van der Waals surface area contributed by atoms with Gasteiger partial charge in [0, 0.05) is 31.4 Å². The van der Waals surface area contributed by atoms with Crippen molar-refractivity contribution in [2.45, 2.75) is 46.3 Å². The Labute approximate surface area is 140 Å². The highest BCUT2D eigenvalue weighted by Gasteiger charge is 2.24. The maximum atomic E-state index is 6.03. The first-order valence-electron chi connectivity index (χ1n) is 7.48. The van der Waals surface area contributed by atoms with Crippen LogP contribution in [0.5, 0.6) is 0 Å². The van der Waals surface area contributed by atoms with Crippen LogP contribution in [0.4, 0.5) is 0 Å². The zero-order valence-electron chi connectivity index (χ0n) is 13.7. The van der Waals surface area contributed by atoms with Crippen molar-refractivity contribution >= 4 is 17.2 Å². The number of imidazole rings is 1. The maximum absolute atomic E-state index is 6.03. The van der Waals surface area contributed by atoms with Gasteiger partial charge in [0.2, 0.25) is 11.8 Å². The Kier molecular flexibility index (Phi) is 4.12. The van der Waals surface area contributed by atoms with E-state index < -0.39 is 0 Å². The van der Waals surface area contributed by atoms with E-state index in [9.17, 15) is 0 Å². The Bertz CT molecular complexity index is 817. The molecule has 0 spiro atoms. The van der Waals surface area contributed by atoms with E-state index in [0.717, 1.165) is 11.3 Å². The molecule has 0 saturated heterocycles. The molecule has 0 aliphatic heterocycles. The van der Waals surface area contributed by atoms with Crippen molar-refractivity contribution in [1.29, 1.82) is 0 Å². The Morgan fingerprint density at radius 2 is 1.96 bits per heavy atom. The van der Waals surface area contributed by atoms with Crippen molar-refractivity contribution in [2.75, 3.05) is 0 Å². The van der Waals surface area contributed by atoms with E-state index in [1.165, 1.54) is 0 Å². The summed E-state index contributed by atoms with van der Waals surface area (Å²) in [5.74, 6) is 1.19. The molecular weight excluding hydrogens is 314 g/mol. The zero-order chi connectivity index (χ0) is 16.6. The van der Waals surface area contributed by atoms with Gasteiger partial charge in [0.05, 0.1) is 17.3 Å². The molecule has 3 rings (SSSR count). The van der Waals surface area contributed by atoms with Gasteiger partial charge in [-0.3, -0.25) is 4.90 Å². The summed E-state index contributed by atoms with van der Waals surface area (Å²) in [6, 6.07) is 3.75. The van der Waals surface area contributed by atoms with Gasteiger partial charge in [-0.25, -0.2) is 4.98 Å². The molecule has 0 aliphatic carbocycles. The lowest BCUT2D eigenvalue weighted by Crippen LogP contribution is -2.40. The highest BCUT2D eigenvalue weighted by Crippen LogP contribution is 2.21. The second-order valence-electron chi connectivity index (χ2n) is 6.59. The molecule has 0 saturated carbocycles. The summed E-state index contributed by atoms with van der Waals surface area (Å²) in [6.45, 7) is 9.53. The molecule has 0 bridgehead atoms. The first-order chi connectivity index (χ1) is 10.8. The Hall–Kier alpha value is -1.92. The minimum absolute atomic E-state index is 0.0597. The van der Waals surface area contributed by atoms with Gasteiger partial charge in [0.15, 0.2) is 0 Å². The van der Waals surface area contributed by atoms with E-state index in [1.807, 2.05) is 28.9 Å². The van der Waals surface area contributed by atoms with E-state index in [2.05, 4.69) is 40.9 Å². The van der Waals surface area contributed by atoms with E-state index in [0.29, 0.717) is 29.9 Å². The quantitative estimate of drug-likeness (QED) is 0.731. The summed E-state index contributed by atoms with van der Waals surface area (Å²) in [6.07, 6.45) is 3.86. The molecule has 0 atom stereocenters. The molecule has 0 aliphatic rings. The van der Waals surface area contributed by atoms with Gasteiger partial charge in [-0.1, -0.05) is 11.6 Å². The van der Waals surface area contributed by atoms with Crippen molar-refractivity contribution in [3.63, 3.8) is 0 Å². The van der Waals surface area contributed by atoms with Crippen LogP contribution in [0.25, 0.3) is 5.65 Å². The van der Waals surface area contributed by atoms with Crippen LogP contribution in [-0.2, 0) is 13.1 Å². The molecule has 0 amide bonds. The summed E-state index contributed by atoms with van der Waals surface area (Å²) in [4.78, 5) is 6.90. The van der Waals surface area contributed by atoms with Crippen LogP contribution in [0.3, 0.4) is 0 Å². The zero-order valence-corrected chi connectivity index (χ0v) is 14.5. The predicted molar refractivity (Wildman–Crippen MR) is 88.2 cm³/mol. The summed E-state index contributed by atoms with van der Waals surface area (Å²) in [5, 5.41) is 8.68. The standard InChI is InChI=1S/C16H20ClN5O/c1-11-19-20-15(23-11)10-22(16(2,3)4)9-13-8-21-7-12(17)5-6-14(21)18-13/h5-8H,9-10H2,1-4H3. The summed E-state index contributed by atoms with van der Waals surface area (Å²) >= 11 is 6.03.